The Morgan fingerprint density at radius 1 is 1.00 bits per heavy atom. The number of hydrogen-bond donors (Lipinski definition) is 0. The summed E-state index contributed by atoms with van der Waals surface area (Å²) in [4.78, 5) is 23.2. The first-order chi connectivity index (χ1) is 12.4. The third-order valence-electron chi connectivity index (χ3n) is 4.14. The van der Waals surface area contributed by atoms with E-state index in [2.05, 4.69) is 5.10 Å². The highest BCUT2D eigenvalue weighted by atomic mass is 35.5. The number of hydrogen-bond acceptors (Lipinski definition) is 4. The van der Waals surface area contributed by atoms with Gasteiger partial charge >= 0.3 is 0 Å². The van der Waals surface area contributed by atoms with Crippen LogP contribution in [-0.4, -0.2) is 22.6 Å². The Kier molecular flexibility index (Phi) is 5.59. The Bertz CT molecular complexity index is 848. The molecule has 134 valence electrons. The SMILES string of the molecule is O=C([O-])CCC(=O)N1N=C(c2ccc(Cl)cc2)C[C@H]1c1ccc(Cl)cc1. The zero-order chi connectivity index (χ0) is 18.7. The topological polar surface area (TPSA) is 72.8 Å². The number of rotatable bonds is 5. The number of halogens is 2. The summed E-state index contributed by atoms with van der Waals surface area (Å²) in [5.41, 5.74) is 2.48. The van der Waals surface area contributed by atoms with E-state index in [1.807, 2.05) is 24.3 Å². The van der Waals surface area contributed by atoms with Crippen molar-refractivity contribution in [2.24, 2.45) is 5.10 Å². The van der Waals surface area contributed by atoms with E-state index >= 15 is 0 Å². The van der Waals surface area contributed by atoms with Crippen molar-refractivity contribution in [3.05, 3.63) is 69.7 Å². The van der Waals surface area contributed by atoms with Gasteiger partial charge in [-0.05, 0) is 41.8 Å². The second kappa shape index (κ2) is 7.89. The average Bonchev–Trinajstić information content (AvgIpc) is 3.06. The van der Waals surface area contributed by atoms with E-state index in [1.54, 1.807) is 24.3 Å². The van der Waals surface area contributed by atoms with Crippen LogP contribution in [0.2, 0.25) is 10.0 Å². The summed E-state index contributed by atoms with van der Waals surface area (Å²) < 4.78 is 0. The lowest BCUT2D eigenvalue weighted by molar-refractivity contribution is -0.305. The van der Waals surface area contributed by atoms with Gasteiger partial charge in [0.05, 0.1) is 11.8 Å². The number of nitrogens with zero attached hydrogens (tertiary/aromatic N) is 2. The van der Waals surface area contributed by atoms with Crippen LogP contribution >= 0.6 is 23.2 Å². The van der Waals surface area contributed by atoms with E-state index in [-0.39, 0.29) is 24.8 Å². The molecule has 1 aliphatic heterocycles. The molecule has 7 heteroatoms. The molecule has 1 atom stereocenters. The Morgan fingerprint density at radius 3 is 2.15 bits per heavy atom. The summed E-state index contributed by atoms with van der Waals surface area (Å²) in [5.74, 6) is -1.62. The van der Waals surface area contributed by atoms with Crippen LogP contribution in [0.25, 0.3) is 0 Å². The maximum absolute atomic E-state index is 12.5. The summed E-state index contributed by atoms with van der Waals surface area (Å²) in [6.45, 7) is 0. The molecular weight excluding hydrogens is 375 g/mol. The standard InChI is InChI=1S/C19H16Cl2N2O3/c20-14-5-1-12(2-6-14)16-11-17(13-3-7-15(21)8-4-13)23(22-16)18(24)9-10-19(25)26/h1-8,17H,9-11H2,(H,25,26)/p-1/t17-/m0/s1. The number of aliphatic carboxylic acids is 1. The van der Waals surface area contributed by atoms with Gasteiger partial charge < -0.3 is 9.90 Å². The van der Waals surface area contributed by atoms with Crippen molar-refractivity contribution in [2.45, 2.75) is 25.3 Å². The number of carbonyl (C=O) groups is 2. The van der Waals surface area contributed by atoms with Crippen LogP contribution in [0.1, 0.15) is 36.4 Å². The molecule has 0 fully saturated rings. The van der Waals surface area contributed by atoms with E-state index in [4.69, 9.17) is 23.2 Å². The van der Waals surface area contributed by atoms with E-state index < -0.39 is 5.97 Å². The van der Waals surface area contributed by atoms with Crippen molar-refractivity contribution in [1.29, 1.82) is 0 Å². The lowest BCUT2D eigenvalue weighted by atomic mass is 9.98. The normalized spacial score (nSPS) is 16.5. The monoisotopic (exact) mass is 389 g/mol. The highest BCUT2D eigenvalue weighted by molar-refractivity contribution is 6.31. The molecule has 0 spiro atoms. The van der Waals surface area contributed by atoms with E-state index in [1.165, 1.54) is 5.01 Å². The van der Waals surface area contributed by atoms with Gasteiger partial charge in [-0.25, -0.2) is 5.01 Å². The molecule has 5 nitrogen and oxygen atoms in total. The zero-order valence-electron chi connectivity index (χ0n) is 13.7. The molecule has 0 aromatic heterocycles. The smallest absolute Gasteiger partial charge is 0.243 e. The summed E-state index contributed by atoms with van der Waals surface area (Å²) in [6.07, 6.45) is 0.0125. The molecule has 0 unspecified atom stereocenters. The molecule has 0 saturated heterocycles. The first-order valence-electron chi connectivity index (χ1n) is 8.05. The molecule has 1 heterocycles. The molecule has 3 rings (SSSR count). The van der Waals surface area contributed by atoms with Crippen LogP contribution in [0.15, 0.2) is 53.6 Å². The van der Waals surface area contributed by atoms with Crippen molar-refractivity contribution in [2.75, 3.05) is 0 Å². The molecule has 2 aromatic carbocycles. The quantitative estimate of drug-likeness (QED) is 0.787. The number of carbonyl (C=O) groups excluding carboxylic acids is 2. The minimum Gasteiger partial charge on any atom is -0.550 e. The van der Waals surface area contributed by atoms with Gasteiger partial charge in [0, 0.05) is 28.9 Å². The van der Waals surface area contributed by atoms with Gasteiger partial charge in [0.1, 0.15) is 0 Å². The predicted molar refractivity (Wildman–Crippen MR) is 97.9 cm³/mol. The maximum Gasteiger partial charge on any atom is 0.243 e. The first kappa shape index (κ1) is 18.4. The maximum atomic E-state index is 12.5. The molecule has 0 aliphatic carbocycles. The van der Waals surface area contributed by atoms with Crippen LogP contribution in [0.3, 0.4) is 0 Å². The Morgan fingerprint density at radius 2 is 1.58 bits per heavy atom. The highest BCUT2D eigenvalue weighted by Gasteiger charge is 2.32. The molecule has 0 N–H and O–H groups in total. The third kappa shape index (κ3) is 4.23. The van der Waals surface area contributed by atoms with E-state index in [0.29, 0.717) is 16.5 Å². The fraction of sp³-hybridized carbons (Fsp3) is 0.211. The highest BCUT2D eigenvalue weighted by Crippen LogP contribution is 2.34. The Balaban J connectivity index is 1.89. The van der Waals surface area contributed by atoms with Crippen molar-refractivity contribution in [3.63, 3.8) is 0 Å². The first-order valence-corrected chi connectivity index (χ1v) is 8.80. The second-order valence-electron chi connectivity index (χ2n) is 5.94. The van der Waals surface area contributed by atoms with Crippen molar-refractivity contribution >= 4 is 40.8 Å². The largest absolute Gasteiger partial charge is 0.550 e. The lowest BCUT2D eigenvalue weighted by Crippen LogP contribution is -2.29. The molecule has 26 heavy (non-hydrogen) atoms. The van der Waals surface area contributed by atoms with Crippen molar-refractivity contribution in [3.8, 4) is 0 Å². The zero-order valence-corrected chi connectivity index (χ0v) is 15.2. The molecule has 0 saturated carbocycles. The van der Waals surface area contributed by atoms with Gasteiger partial charge in [0.2, 0.25) is 5.91 Å². The molecule has 1 aliphatic rings. The van der Waals surface area contributed by atoms with Crippen LogP contribution in [-0.2, 0) is 9.59 Å². The Labute approximate surface area is 160 Å². The van der Waals surface area contributed by atoms with Gasteiger partial charge in [0.25, 0.3) is 0 Å². The molecular formula is C19H15Cl2N2O3-. The van der Waals surface area contributed by atoms with Crippen molar-refractivity contribution in [1.82, 2.24) is 5.01 Å². The fourth-order valence-electron chi connectivity index (χ4n) is 2.83. The van der Waals surface area contributed by atoms with Crippen LogP contribution < -0.4 is 5.11 Å². The summed E-state index contributed by atoms with van der Waals surface area (Å²) in [5, 5.41) is 17.7. The lowest BCUT2D eigenvalue weighted by Gasteiger charge is -2.22. The predicted octanol–water partition coefficient (Wildman–Crippen LogP) is 3.20. The molecule has 0 radical (unpaired) electrons. The fourth-order valence-corrected chi connectivity index (χ4v) is 3.08. The number of benzene rings is 2. The number of amides is 1. The average molecular weight is 390 g/mol. The summed E-state index contributed by atoms with van der Waals surface area (Å²) >= 11 is 11.9. The Hall–Kier alpha value is -2.37. The van der Waals surface area contributed by atoms with E-state index in [9.17, 15) is 14.7 Å². The van der Waals surface area contributed by atoms with Crippen LogP contribution in [0.5, 0.6) is 0 Å². The van der Waals surface area contributed by atoms with Gasteiger partial charge in [-0.2, -0.15) is 5.10 Å². The summed E-state index contributed by atoms with van der Waals surface area (Å²) in [6, 6.07) is 14.1. The van der Waals surface area contributed by atoms with Crippen molar-refractivity contribution < 1.29 is 14.7 Å². The van der Waals surface area contributed by atoms with Crippen LogP contribution in [0.4, 0.5) is 0 Å². The molecule has 0 bridgehead atoms. The number of hydrazone groups is 1. The van der Waals surface area contributed by atoms with Gasteiger partial charge in [-0.3, -0.25) is 4.79 Å². The second-order valence-corrected chi connectivity index (χ2v) is 6.81. The van der Waals surface area contributed by atoms with Crippen LogP contribution in [0, 0.1) is 0 Å². The third-order valence-corrected chi connectivity index (χ3v) is 4.65. The number of carboxylic acid groups (broad SMARTS) is 1. The molecule has 1 amide bonds. The van der Waals surface area contributed by atoms with Gasteiger partial charge in [-0.1, -0.05) is 47.5 Å². The minimum atomic E-state index is -1.26. The number of carboxylic acids is 1. The van der Waals surface area contributed by atoms with Gasteiger partial charge in [-0.15, -0.1) is 0 Å². The minimum absolute atomic E-state index is 0.163. The van der Waals surface area contributed by atoms with Gasteiger partial charge in [0.15, 0.2) is 0 Å². The molecule has 2 aromatic rings. The van der Waals surface area contributed by atoms with E-state index in [0.717, 1.165) is 16.8 Å². The summed E-state index contributed by atoms with van der Waals surface area (Å²) in [7, 11) is 0.